The lowest BCUT2D eigenvalue weighted by Crippen LogP contribution is -2.19. The SMILES string of the molecule is CCC(c1ccc(OC)c(OC)c1)C(N)c1cccnc1. The van der Waals surface area contributed by atoms with Crippen LogP contribution in [0.25, 0.3) is 0 Å². The van der Waals surface area contributed by atoms with Crippen molar-refractivity contribution in [1.82, 2.24) is 4.98 Å². The van der Waals surface area contributed by atoms with E-state index in [0.717, 1.165) is 29.0 Å². The second kappa shape index (κ2) is 7.09. The lowest BCUT2D eigenvalue weighted by atomic mass is 9.86. The number of hydrogen-bond acceptors (Lipinski definition) is 4. The number of benzene rings is 1. The minimum atomic E-state index is -0.0956. The third-order valence-electron chi connectivity index (χ3n) is 3.78. The number of methoxy groups -OCH3 is 2. The number of nitrogens with two attached hydrogens (primary N) is 1. The summed E-state index contributed by atoms with van der Waals surface area (Å²) < 4.78 is 10.7. The summed E-state index contributed by atoms with van der Waals surface area (Å²) in [6.45, 7) is 2.14. The Morgan fingerprint density at radius 2 is 1.86 bits per heavy atom. The maximum atomic E-state index is 6.43. The van der Waals surface area contributed by atoms with Crippen molar-refractivity contribution in [2.24, 2.45) is 5.73 Å². The molecule has 1 aromatic heterocycles. The molecule has 0 saturated carbocycles. The topological polar surface area (TPSA) is 57.4 Å². The molecule has 112 valence electrons. The molecular weight excluding hydrogens is 264 g/mol. The molecule has 0 saturated heterocycles. The van der Waals surface area contributed by atoms with Gasteiger partial charge in [-0.25, -0.2) is 0 Å². The first-order chi connectivity index (χ1) is 10.2. The Labute approximate surface area is 125 Å². The van der Waals surface area contributed by atoms with Gasteiger partial charge in [-0.2, -0.15) is 0 Å². The van der Waals surface area contributed by atoms with Crippen molar-refractivity contribution in [3.63, 3.8) is 0 Å². The number of pyridine rings is 1. The van der Waals surface area contributed by atoms with Crippen LogP contribution in [0.5, 0.6) is 11.5 Å². The fraction of sp³-hybridized carbons (Fsp3) is 0.353. The van der Waals surface area contributed by atoms with E-state index in [2.05, 4.69) is 11.9 Å². The van der Waals surface area contributed by atoms with E-state index in [1.54, 1.807) is 20.4 Å². The predicted octanol–water partition coefficient (Wildman–Crippen LogP) is 3.29. The molecule has 21 heavy (non-hydrogen) atoms. The molecule has 0 spiro atoms. The zero-order valence-electron chi connectivity index (χ0n) is 12.7. The highest BCUT2D eigenvalue weighted by molar-refractivity contribution is 5.44. The van der Waals surface area contributed by atoms with Gasteiger partial charge in [-0.3, -0.25) is 4.98 Å². The lowest BCUT2D eigenvalue weighted by molar-refractivity contribution is 0.353. The first-order valence-electron chi connectivity index (χ1n) is 7.08. The highest BCUT2D eigenvalue weighted by atomic mass is 16.5. The van der Waals surface area contributed by atoms with Crippen molar-refractivity contribution < 1.29 is 9.47 Å². The van der Waals surface area contributed by atoms with Gasteiger partial charge in [-0.05, 0) is 35.7 Å². The van der Waals surface area contributed by atoms with Gasteiger partial charge in [0.15, 0.2) is 11.5 Å². The molecule has 0 radical (unpaired) electrons. The molecule has 0 aliphatic carbocycles. The summed E-state index contributed by atoms with van der Waals surface area (Å²) in [6.07, 6.45) is 4.52. The molecule has 1 aromatic carbocycles. The summed E-state index contributed by atoms with van der Waals surface area (Å²) >= 11 is 0. The van der Waals surface area contributed by atoms with Crippen LogP contribution in [-0.4, -0.2) is 19.2 Å². The molecule has 0 amide bonds. The van der Waals surface area contributed by atoms with Crippen molar-refractivity contribution in [2.45, 2.75) is 25.3 Å². The minimum Gasteiger partial charge on any atom is -0.493 e. The average molecular weight is 286 g/mol. The molecule has 2 aromatic rings. The van der Waals surface area contributed by atoms with E-state index in [9.17, 15) is 0 Å². The van der Waals surface area contributed by atoms with Crippen LogP contribution in [0.3, 0.4) is 0 Å². The largest absolute Gasteiger partial charge is 0.493 e. The number of rotatable bonds is 6. The Morgan fingerprint density at radius 3 is 2.43 bits per heavy atom. The highest BCUT2D eigenvalue weighted by Crippen LogP contribution is 2.36. The van der Waals surface area contributed by atoms with E-state index in [1.165, 1.54) is 0 Å². The van der Waals surface area contributed by atoms with Crippen molar-refractivity contribution in [3.8, 4) is 11.5 Å². The van der Waals surface area contributed by atoms with Gasteiger partial charge >= 0.3 is 0 Å². The normalized spacial score (nSPS) is 13.5. The highest BCUT2D eigenvalue weighted by Gasteiger charge is 2.21. The molecule has 0 aliphatic rings. The van der Waals surface area contributed by atoms with Crippen LogP contribution in [0.1, 0.15) is 36.4 Å². The van der Waals surface area contributed by atoms with Gasteiger partial charge in [0.1, 0.15) is 0 Å². The Morgan fingerprint density at radius 1 is 1.10 bits per heavy atom. The van der Waals surface area contributed by atoms with E-state index in [1.807, 2.05) is 36.5 Å². The first-order valence-corrected chi connectivity index (χ1v) is 7.08. The monoisotopic (exact) mass is 286 g/mol. The van der Waals surface area contributed by atoms with Crippen LogP contribution in [0.4, 0.5) is 0 Å². The fourth-order valence-electron chi connectivity index (χ4n) is 2.59. The van der Waals surface area contributed by atoms with Gasteiger partial charge in [-0.15, -0.1) is 0 Å². The smallest absolute Gasteiger partial charge is 0.160 e. The van der Waals surface area contributed by atoms with Crippen molar-refractivity contribution in [2.75, 3.05) is 14.2 Å². The van der Waals surface area contributed by atoms with Crippen molar-refractivity contribution >= 4 is 0 Å². The molecule has 2 unspecified atom stereocenters. The number of hydrogen-bond donors (Lipinski definition) is 1. The lowest BCUT2D eigenvalue weighted by Gasteiger charge is -2.24. The van der Waals surface area contributed by atoms with E-state index in [-0.39, 0.29) is 12.0 Å². The van der Waals surface area contributed by atoms with Crippen molar-refractivity contribution in [3.05, 3.63) is 53.9 Å². The zero-order chi connectivity index (χ0) is 15.2. The summed E-state index contributed by atoms with van der Waals surface area (Å²) in [4.78, 5) is 4.15. The Balaban J connectivity index is 2.33. The summed E-state index contributed by atoms with van der Waals surface area (Å²) in [6, 6.07) is 9.81. The number of ether oxygens (including phenoxy) is 2. The molecule has 2 N–H and O–H groups in total. The zero-order valence-corrected chi connectivity index (χ0v) is 12.7. The summed E-state index contributed by atoms with van der Waals surface area (Å²) in [5, 5.41) is 0. The first kappa shape index (κ1) is 15.3. The maximum absolute atomic E-state index is 6.43. The van der Waals surface area contributed by atoms with E-state index in [0.29, 0.717) is 0 Å². The quantitative estimate of drug-likeness (QED) is 0.885. The summed E-state index contributed by atoms with van der Waals surface area (Å²) in [5.74, 6) is 1.66. The third-order valence-corrected chi connectivity index (χ3v) is 3.78. The Kier molecular flexibility index (Phi) is 5.17. The van der Waals surface area contributed by atoms with Gasteiger partial charge in [0.2, 0.25) is 0 Å². The van der Waals surface area contributed by atoms with E-state index in [4.69, 9.17) is 15.2 Å². The van der Waals surface area contributed by atoms with Crippen LogP contribution in [0, 0.1) is 0 Å². The predicted molar refractivity (Wildman–Crippen MR) is 83.7 cm³/mol. The van der Waals surface area contributed by atoms with Crippen molar-refractivity contribution in [1.29, 1.82) is 0 Å². The molecule has 0 bridgehead atoms. The average Bonchev–Trinajstić information content (AvgIpc) is 2.56. The minimum absolute atomic E-state index is 0.0956. The van der Waals surface area contributed by atoms with Gasteiger partial charge in [0, 0.05) is 24.4 Å². The summed E-state index contributed by atoms with van der Waals surface area (Å²) in [5.41, 5.74) is 8.62. The van der Waals surface area contributed by atoms with E-state index >= 15 is 0 Å². The second-order valence-electron chi connectivity index (χ2n) is 4.94. The molecule has 2 atom stereocenters. The van der Waals surface area contributed by atoms with Gasteiger partial charge in [0.25, 0.3) is 0 Å². The molecular formula is C17H22N2O2. The standard InChI is InChI=1S/C17H22N2O2/c1-4-14(17(18)13-6-5-9-19-11-13)12-7-8-15(20-2)16(10-12)21-3/h5-11,14,17H,4,18H2,1-3H3. The second-order valence-corrected chi connectivity index (χ2v) is 4.94. The van der Waals surface area contributed by atoms with Crippen LogP contribution in [0.2, 0.25) is 0 Å². The van der Waals surface area contributed by atoms with Gasteiger partial charge in [-0.1, -0.05) is 19.1 Å². The van der Waals surface area contributed by atoms with Crippen LogP contribution >= 0.6 is 0 Å². The van der Waals surface area contributed by atoms with Gasteiger partial charge < -0.3 is 15.2 Å². The summed E-state index contributed by atoms with van der Waals surface area (Å²) in [7, 11) is 3.28. The molecule has 4 heteroatoms. The fourth-order valence-corrected chi connectivity index (χ4v) is 2.59. The molecule has 0 aliphatic heterocycles. The number of aromatic nitrogens is 1. The molecule has 2 rings (SSSR count). The third kappa shape index (κ3) is 3.34. The van der Waals surface area contributed by atoms with Crippen LogP contribution in [-0.2, 0) is 0 Å². The Bertz CT molecular complexity index is 572. The molecule has 4 nitrogen and oxygen atoms in total. The number of nitrogens with zero attached hydrogens (tertiary/aromatic N) is 1. The maximum Gasteiger partial charge on any atom is 0.160 e. The van der Waals surface area contributed by atoms with Crippen LogP contribution < -0.4 is 15.2 Å². The Hall–Kier alpha value is -2.07. The van der Waals surface area contributed by atoms with Gasteiger partial charge in [0.05, 0.1) is 14.2 Å². The molecule has 1 heterocycles. The molecule has 0 fully saturated rings. The van der Waals surface area contributed by atoms with Crippen LogP contribution in [0.15, 0.2) is 42.7 Å². The van der Waals surface area contributed by atoms with E-state index < -0.39 is 0 Å².